The van der Waals surface area contributed by atoms with Crippen molar-refractivity contribution in [2.75, 3.05) is 12.5 Å². The molecule has 18 heavy (non-hydrogen) atoms. The van der Waals surface area contributed by atoms with Crippen LogP contribution in [0.4, 0.5) is 0 Å². The summed E-state index contributed by atoms with van der Waals surface area (Å²) in [4.78, 5) is 20.7. The Morgan fingerprint density at radius 3 is 1.11 bits per heavy atom. The van der Waals surface area contributed by atoms with Crippen molar-refractivity contribution in [3.8, 4) is 0 Å². The normalized spacial score (nSPS) is 12.6. The topological polar surface area (TPSA) is 150 Å². The first-order valence-corrected chi connectivity index (χ1v) is 8.08. The van der Waals surface area contributed by atoms with Gasteiger partial charge in [-0.05, 0) is 0 Å². The highest BCUT2D eigenvalue weighted by molar-refractivity contribution is 7.93. The molecule has 1 aromatic carbocycles. The average Bonchev–Trinajstić information content (AvgIpc) is 2.16. The molecule has 0 heterocycles. The number of sulfone groups is 2. The van der Waals surface area contributed by atoms with Gasteiger partial charge in [0.05, 0.1) is 0 Å². The number of benzene rings is 1. The summed E-state index contributed by atoms with van der Waals surface area (Å²) in [6.07, 6.45) is 1.11. The lowest BCUT2D eigenvalue weighted by atomic mass is 10.3. The van der Waals surface area contributed by atoms with E-state index in [1.807, 2.05) is 0 Å². The van der Waals surface area contributed by atoms with Crippen LogP contribution in [0.2, 0.25) is 0 Å². The number of nitrogens with one attached hydrogen (secondary N) is 2. The Hall–Kier alpha value is -1.68. The molecule has 0 aliphatic rings. The minimum Gasteiger partial charge on any atom is -0.295 e. The molecule has 0 saturated carbocycles. The first-order valence-electron chi connectivity index (χ1n) is 4.30. The number of rotatable bonds is 2. The van der Waals surface area contributed by atoms with Gasteiger partial charge in [-0.25, -0.2) is 16.8 Å². The number of hydrogen-bond acceptors (Lipinski definition) is 8. The maximum absolute atomic E-state index is 11.6. The highest BCUT2D eigenvalue weighted by Crippen LogP contribution is 2.10. The molecule has 0 aliphatic heterocycles. The van der Waals surface area contributed by atoms with Gasteiger partial charge in [-0.15, -0.1) is 0 Å². The molecule has 98 valence electrons. The van der Waals surface area contributed by atoms with Crippen molar-refractivity contribution in [2.24, 2.45) is 0 Å². The third-order valence-corrected chi connectivity index (χ3v) is 4.46. The lowest BCUT2D eigenvalue weighted by Crippen LogP contribution is -2.51. The fraction of sp³-hybridized carbons (Fsp3) is 0.250. The standard InChI is InChI=1S/C8H8N2O6S2/c1-17(13,14)7-5(11)3(9)4(10)6(12)8(7)18(2,15)16/h9-10H,1-2H3. The largest absolute Gasteiger partial charge is 0.295 e. The molecule has 0 amide bonds. The molecular weight excluding hydrogens is 284 g/mol. The Labute approximate surface area is 101 Å². The van der Waals surface area contributed by atoms with Crippen molar-refractivity contribution in [3.63, 3.8) is 0 Å². The predicted octanol–water partition coefficient (Wildman–Crippen LogP) is -2.95. The van der Waals surface area contributed by atoms with E-state index in [9.17, 15) is 26.4 Å². The molecule has 1 rings (SSSR count). The molecule has 0 bridgehead atoms. The van der Waals surface area contributed by atoms with E-state index >= 15 is 0 Å². The van der Waals surface area contributed by atoms with E-state index in [-0.39, 0.29) is 0 Å². The molecule has 0 fully saturated rings. The van der Waals surface area contributed by atoms with E-state index in [1.54, 1.807) is 0 Å². The summed E-state index contributed by atoms with van der Waals surface area (Å²) in [5, 5.41) is 12.0. The molecule has 0 radical (unpaired) electrons. The minimum atomic E-state index is -4.30. The Morgan fingerprint density at radius 1 is 0.722 bits per heavy atom. The van der Waals surface area contributed by atoms with Gasteiger partial charge < -0.3 is 0 Å². The Morgan fingerprint density at radius 2 is 0.944 bits per heavy atom. The van der Waals surface area contributed by atoms with E-state index < -0.39 is 51.0 Å². The van der Waals surface area contributed by atoms with Gasteiger partial charge in [-0.1, -0.05) is 0 Å². The predicted molar refractivity (Wildman–Crippen MR) is 59.3 cm³/mol. The molecular formula is C8H8N2O6S2. The van der Waals surface area contributed by atoms with Gasteiger partial charge in [0.15, 0.2) is 19.7 Å². The monoisotopic (exact) mass is 292 g/mol. The summed E-state index contributed by atoms with van der Waals surface area (Å²) in [5.74, 6) is 0. The van der Waals surface area contributed by atoms with Crippen LogP contribution >= 0.6 is 0 Å². The molecule has 0 atom stereocenters. The SMILES string of the molecule is CS(=O)(=O)c1c(S(C)(=O)=O)c(=O)c(=N)c(=N)c1=O. The summed E-state index contributed by atoms with van der Waals surface area (Å²) in [6, 6.07) is 0. The van der Waals surface area contributed by atoms with Gasteiger partial charge in [-0.3, -0.25) is 20.4 Å². The van der Waals surface area contributed by atoms with Crippen LogP contribution in [0.3, 0.4) is 0 Å². The van der Waals surface area contributed by atoms with Crippen molar-refractivity contribution in [1.82, 2.24) is 0 Å². The van der Waals surface area contributed by atoms with Crippen LogP contribution in [0.1, 0.15) is 0 Å². The van der Waals surface area contributed by atoms with Crippen LogP contribution < -0.4 is 21.6 Å². The van der Waals surface area contributed by atoms with Crippen LogP contribution in [-0.4, -0.2) is 29.3 Å². The van der Waals surface area contributed by atoms with E-state index in [4.69, 9.17) is 10.8 Å². The molecule has 10 heteroatoms. The van der Waals surface area contributed by atoms with Crippen molar-refractivity contribution in [3.05, 3.63) is 31.2 Å². The van der Waals surface area contributed by atoms with Crippen molar-refractivity contribution in [2.45, 2.75) is 9.79 Å². The maximum Gasteiger partial charge on any atom is 0.225 e. The number of hydrogen-bond donors (Lipinski definition) is 2. The lowest BCUT2D eigenvalue weighted by molar-refractivity contribution is 0.585. The van der Waals surface area contributed by atoms with Crippen molar-refractivity contribution < 1.29 is 16.8 Å². The summed E-state index contributed by atoms with van der Waals surface area (Å²) in [7, 11) is -8.61. The zero-order chi connectivity index (χ0) is 14.5. The second kappa shape index (κ2) is 3.92. The second-order valence-corrected chi connectivity index (χ2v) is 7.52. The van der Waals surface area contributed by atoms with Crippen LogP contribution in [0.5, 0.6) is 0 Å². The highest BCUT2D eigenvalue weighted by Gasteiger charge is 2.29. The molecule has 0 unspecified atom stereocenters. The zero-order valence-corrected chi connectivity index (χ0v) is 10.9. The zero-order valence-electron chi connectivity index (χ0n) is 9.27. The fourth-order valence-electron chi connectivity index (χ4n) is 1.33. The first kappa shape index (κ1) is 14.4. The average molecular weight is 292 g/mol. The summed E-state index contributed by atoms with van der Waals surface area (Å²) < 4.78 is 45.6. The van der Waals surface area contributed by atoms with E-state index in [2.05, 4.69) is 0 Å². The second-order valence-electron chi connectivity index (χ2n) is 3.61. The molecule has 0 spiro atoms. The van der Waals surface area contributed by atoms with Gasteiger partial charge in [0, 0.05) is 12.5 Å². The van der Waals surface area contributed by atoms with Crippen molar-refractivity contribution in [1.29, 1.82) is 10.8 Å². The molecule has 0 saturated heterocycles. The van der Waals surface area contributed by atoms with E-state index in [1.165, 1.54) is 0 Å². The quantitative estimate of drug-likeness (QED) is 0.594. The lowest BCUT2D eigenvalue weighted by Gasteiger charge is -2.03. The van der Waals surface area contributed by atoms with E-state index in [0.717, 1.165) is 0 Å². The Balaban J connectivity index is 4.47. The molecule has 0 aromatic heterocycles. The van der Waals surface area contributed by atoms with Gasteiger partial charge in [0.1, 0.15) is 20.5 Å². The highest BCUT2D eigenvalue weighted by atomic mass is 32.2. The third-order valence-electron chi connectivity index (χ3n) is 2.06. The minimum absolute atomic E-state index is 0.556. The van der Waals surface area contributed by atoms with Crippen LogP contribution in [0.15, 0.2) is 19.4 Å². The van der Waals surface area contributed by atoms with Gasteiger partial charge >= 0.3 is 0 Å². The molecule has 2 N–H and O–H groups in total. The van der Waals surface area contributed by atoms with Gasteiger partial charge in [0.25, 0.3) is 0 Å². The first-order chi connectivity index (χ1) is 7.89. The molecule has 0 aliphatic carbocycles. The Kier molecular flexibility index (Phi) is 3.13. The van der Waals surface area contributed by atoms with Crippen molar-refractivity contribution >= 4 is 19.7 Å². The Bertz CT molecular complexity index is 854. The smallest absolute Gasteiger partial charge is 0.225 e. The van der Waals surface area contributed by atoms with E-state index in [0.29, 0.717) is 12.5 Å². The molecule has 8 nitrogen and oxygen atoms in total. The summed E-state index contributed by atoms with van der Waals surface area (Å²) >= 11 is 0. The van der Waals surface area contributed by atoms with Crippen LogP contribution in [-0.2, 0) is 19.7 Å². The third kappa shape index (κ3) is 2.16. The van der Waals surface area contributed by atoms with Gasteiger partial charge in [0.2, 0.25) is 10.9 Å². The fourth-order valence-corrected chi connectivity index (χ4v) is 3.98. The van der Waals surface area contributed by atoms with Crippen LogP contribution in [0.25, 0.3) is 0 Å². The van der Waals surface area contributed by atoms with Crippen LogP contribution in [0, 0.1) is 10.8 Å². The van der Waals surface area contributed by atoms with Gasteiger partial charge in [-0.2, -0.15) is 0 Å². The summed E-state index contributed by atoms with van der Waals surface area (Å²) in [5.41, 5.74) is -2.91. The summed E-state index contributed by atoms with van der Waals surface area (Å²) in [6.45, 7) is 0. The maximum atomic E-state index is 11.6. The molecule has 1 aromatic rings.